The molecular weight excluding hydrogens is 271 g/mol. The molecular formula is C12H15FN2O5. The van der Waals surface area contributed by atoms with Crippen LogP contribution in [-0.4, -0.2) is 40.3 Å². The van der Waals surface area contributed by atoms with Crippen LogP contribution in [-0.2, 0) is 0 Å². The van der Waals surface area contributed by atoms with E-state index >= 15 is 0 Å². The van der Waals surface area contributed by atoms with Crippen molar-refractivity contribution in [1.29, 1.82) is 0 Å². The average Bonchev–Trinajstić information content (AvgIpc) is 2.25. The molecule has 0 saturated heterocycles. The summed E-state index contributed by atoms with van der Waals surface area (Å²) in [5.74, 6) is -2.69. The van der Waals surface area contributed by atoms with E-state index in [0.717, 1.165) is 6.07 Å². The number of anilines is 1. The third-order valence-electron chi connectivity index (χ3n) is 2.53. The summed E-state index contributed by atoms with van der Waals surface area (Å²) in [5, 5.41) is 29.5. The predicted octanol–water partition coefficient (Wildman–Crippen LogP) is 1.64. The number of nitro benzene ring substituents is 1. The zero-order valence-corrected chi connectivity index (χ0v) is 11.3. The zero-order valence-electron chi connectivity index (χ0n) is 11.3. The number of halogens is 1. The monoisotopic (exact) mass is 286 g/mol. The summed E-state index contributed by atoms with van der Waals surface area (Å²) in [6, 6.07) is 1.46. The molecule has 0 unspecified atom stereocenters. The highest BCUT2D eigenvalue weighted by Gasteiger charge is 2.26. The lowest BCUT2D eigenvalue weighted by molar-refractivity contribution is -0.384. The van der Waals surface area contributed by atoms with Gasteiger partial charge in [-0.05, 0) is 19.9 Å². The lowest BCUT2D eigenvalue weighted by atomic mass is 10.1. The van der Waals surface area contributed by atoms with E-state index in [1.54, 1.807) is 0 Å². The molecule has 8 heteroatoms. The molecule has 0 bridgehead atoms. The molecule has 0 fully saturated rings. The summed E-state index contributed by atoms with van der Waals surface area (Å²) >= 11 is 0. The Morgan fingerprint density at radius 3 is 2.45 bits per heavy atom. The average molecular weight is 286 g/mol. The van der Waals surface area contributed by atoms with Crippen molar-refractivity contribution in [1.82, 2.24) is 0 Å². The van der Waals surface area contributed by atoms with Gasteiger partial charge < -0.3 is 15.1 Å². The number of carboxylic acid groups (broad SMARTS) is 1. The highest BCUT2D eigenvalue weighted by Crippen LogP contribution is 2.31. The van der Waals surface area contributed by atoms with Crippen molar-refractivity contribution in [3.05, 3.63) is 33.6 Å². The summed E-state index contributed by atoms with van der Waals surface area (Å²) in [7, 11) is 1.45. The van der Waals surface area contributed by atoms with Crippen LogP contribution in [0.3, 0.4) is 0 Å². The Bertz CT molecular complexity index is 554. The molecule has 1 aromatic rings. The summed E-state index contributed by atoms with van der Waals surface area (Å²) in [5.41, 5.74) is -2.44. The quantitative estimate of drug-likeness (QED) is 0.630. The Morgan fingerprint density at radius 2 is 2.05 bits per heavy atom. The van der Waals surface area contributed by atoms with Crippen LogP contribution in [0.5, 0.6) is 0 Å². The Hall–Kier alpha value is -2.22. The van der Waals surface area contributed by atoms with Gasteiger partial charge in [0.1, 0.15) is 11.5 Å². The lowest BCUT2D eigenvalue weighted by Gasteiger charge is -2.27. The molecule has 0 saturated carbocycles. The fourth-order valence-electron chi connectivity index (χ4n) is 1.83. The molecule has 0 heterocycles. The molecule has 20 heavy (non-hydrogen) atoms. The summed E-state index contributed by atoms with van der Waals surface area (Å²) in [6.45, 7) is 3.01. The second-order valence-corrected chi connectivity index (χ2v) is 5.05. The Kier molecular flexibility index (Phi) is 4.29. The van der Waals surface area contributed by atoms with E-state index in [2.05, 4.69) is 0 Å². The topological polar surface area (TPSA) is 104 Å². The molecule has 1 aromatic carbocycles. The standard InChI is InChI=1S/C12H15FN2O5/c1-12(2,18)6-14(3)9-4-7(11(16)17)8(13)5-10(9)15(19)20/h4-5,18H,6H2,1-3H3,(H,16,17). The second kappa shape index (κ2) is 5.41. The van der Waals surface area contributed by atoms with Gasteiger partial charge >= 0.3 is 5.97 Å². The van der Waals surface area contributed by atoms with Gasteiger partial charge in [-0.2, -0.15) is 0 Å². The highest BCUT2D eigenvalue weighted by atomic mass is 19.1. The smallest absolute Gasteiger partial charge is 0.338 e. The lowest BCUT2D eigenvalue weighted by Crippen LogP contribution is -2.36. The number of hydrogen-bond acceptors (Lipinski definition) is 5. The first-order chi connectivity index (χ1) is 9.03. The van der Waals surface area contributed by atoms with Crippen LogP contribution in [0.15, 0.2) is 12.1 Å². The molecule has 0 aliphatic heterocycles. The maximum absolute atomic E-state index is 13.5. The fourth-order valence-corrected chi connectivity index (χ4v) is 1.83. The largest absolute Gasteiger partial charge is 0.478 e. The molecule has 0 amide bonds. The van der Waals surface area contributed by atoms with Crippen LogP contribution in [0.25, 0.3) is 0 Å². The molecule has 0 aliphatic carbocycles. The molecule has 110 valence electrons. The number of nitrogens with zero attached hydrogens (tertiary/aromatic N) is 2. The van der Waals surface area contributed by atoms with Crippen LogP contribution in [0.4, 0.5) is 15.8 Å². The normalized spacial score (nSPS) is 11.2. The van der Waals surface area contributed by atoms with E-state index in [0.29, 0.717) is 6.07 Å². The van der Waals surface area contributed by atoms with E-state index in [1.807, 2.05) is 0 Å². The number of carboxylic acids is 1. The van der Waals surface area contributed by atoms with Crippen molar-refractivity contribution >= 4 is 17.3 Å². The zero-order chi connectivity index (χ0) is 15.7. The highest BCUT2D eigenvalue weighted by molar-refractivity contribution is 5.90. The number of carbonyl (C=O) groups is 1. The number of likely N-dealkylation sites (N-methyl/N-ethyl adjacent to an activating group) is 1. The van der Waals surface area contributed by atoms with Crippen LogP contribution < -0.4 is 4.90 Å². The van der Waals surface area contributed by atoms with Gasteiger partial charge in [-0.3, -0.25) is 10.1 Å². The van der Waals surface area contributed by atoms with Crippen molar-refractivity contribution < 1.29 is 24.3 Å². The minimum atomic E-state index is -1.52. The molecule has 0 aromatic heterocycles. The van der Waals surface area contributed by atoms with Gasteiger partial charge in [0.25, 0.3) is 5.69 Å². The van der Waals surface area contributed by atoms with Crippen molar-refractivity contribution in [2.24, 2.45) is 0 Å². The van der Waals surface area contributed by atoms with Crippen LogP contribution in [0.2, 0.25) is 0 Å². The molecule has 0 aliphatic rings. The fraction of sp³-hybridized carbons (Fsp3) is 0.417. The van der Waals surface area contributed by atoms with E-state index in [4.69, 9.17) is 5.11 Å². The Labute approximate surface area is 114 Å². The Balaban J connectivity index is 3.38. The van der Waals surface area contributed by atoms with Gasteiger partial charge in [-0.25, -0.2) is 9.18 Å². The third kappa shape index (κ3) is 3.64. The first kappa shape index (κ1) is 15.8. The number of nitro groups is 1. The molecule has 7 nitrogen and oxygen atoms in total. The minimum Gasteiger partial charge on any atom is -0.478 e. The number of aliphatic hydroxyl groups is 1. The van der Waals surface area contributed by atoms with Gasteiger partial charge in [0.2, 0.25) is 0 Å². The number of benzene rings is 1. The van der Waals surface area contributed by atoms with Gasteiger partial charge in [0.05, 0.1) is 22.2 Å². The Morgan fingerprint density at radius 1 is 1.50 bits per heavy atom. The van der Waals surface area contributed by atoms with Crippen molar-refractivity contribution in [2.75, 3.05) is 18.5 Å². The van der Waals surface area contributed by atoms with E-state index in [-0.39, 0.29) is 12.2 Å². The van der Waals surface area contributed by atoms with Gasteiger partial charge in [0, 0.05) is 13.6 Å². The van der Waals surface area contributed by atoms with E-state index in [1.165, 1.54) is 25.8 Å². The molecule has 1 rings (SSSR count). The molecule has 0 atom stereocenters. The maximum atomic E-state index is 13.5. The van der Waals surface area contributed by atoms with Gasteiger partial charge in [0.15, 0.2) is 0 Å². The second-order valence-electron chi connectivity index (χ2n) is 5.05. The van der Waals surface area contributed by atoms with E-state index in [9.17, 15) is 24.4 Å². The van der Waals surface area contributed by atoms with Crippen molar-refractivity contribution in [3.8, 4) is 0 Å². The number of hydrogen-bond donors (Lipinski definition) is 2. The predicted molar refractivity (Wildman–Crippen MR) is 69.6 cm³/mol. The van der Waals surface area contributed by atoms with Crippen LogP contribution >= 0.6 is 0 Å². The van der Waals surface area contributed by atoms with E-state index < -0.39 is 33.6 Å². The van der Waals surface area contributed by atoms with Gasteiger partial charge in [-0.1, -0.05) is 0 Å². The summed E-state index contributed by atoms with van der Waals surface area (Å²) in [6.07, 6.45) is 0. The maximum Gasteiger partial charge on any atom is 0.338 e. The molecule has 0 spiro atoms. The first-order valence-corrected chi connectivity index (χ1v) is 5.67. The summed E-state index contributed by atoms with van der Waals surface area (Å²) < 4.78 is 13.5. The summed E-state index contributed by atoms with van der Waals surface area (Å²) in [4.78, 5) is 22.3. The van der Waals surface area contributed by atoms with Crippen molar-refractivity contribution in [2.45, 2.75) is 19.4 Å². The first-order valence-electron chi connectivity index (χ1n) is 5.67. The SMILES string of the molecule is CN(CC(C)(C)O)c1cc(C(=O)O)c(F)cc1[N+](=O)[O-]. The number of rotatable bonds is 5. The molecule has 2 N–H and O–H groups in total. The number of aromatic carboxylic acids is 1. The van der Waals surface area contributed by atoms with Crippen LogP contribution in [0.1, 0.15) is 24.2 Å². The molecule has 0 radical (unpaired) electrons. The van der Waals surface area contributed by atoms with Crippen LogP contribution in [0, 0.1) is 15.9 Å². The minimum absolute atomic E-state index is 0.0124. The van der Waals surface area contributed by atoms with Gasteiger partial charge in [-0.15, -0.1) is 0 Å². The van der Waals surface area contributed by atoms with Crippen molar-refractivity contribution in [3.63, 3.8) is 0 Å². The third-order valence-corrected chi connectivity index (χ3v) is 2.53.